The van der Waals surface area contributed by atoms with E-state index in [9.17, 15) is 4.79 Å². The Labute approximate surface area is 193 Å². The van der Waals surface area contributed by atoms with Crippen LogP contribution >= 0.6 is 0 Å². The first-order chi connectivity index (χ1) is 16.1. The van der Waals surface area contributed by atoms with E-state index in [4.69, 9.17) is 14.7 Å². The zero-order valence-electron chi connectivity index (χ0n) is 18.9. The molecule has 2 aromatic carbocycles. The van der Waals surface area contributed by atoms with E-state index < -0.39 is 0 Å². The highest BCUT2D eigenvalue weighted by molar-refractivity contribution is 5.89. The number of aromatic nitrogens is 2. The van der Waals surface area contributed by atoms with E-state index in [1.165, 1.54) is 11.1 Å². The van der Waals surface area contributed by atoms with Crippen LogP contribution in [-0.2, 0) is 11.3 Å². The van der Waals surface area contributed by atoms with Crippen LogP contribution < -0.4 is 20.4 Å². The maximum atomic E-state index is 11.5. The summed E-state index contributed by atoms with van der Waals surface area (Å²) in [7, 11) is 1.59. The third-order valence-corrected chi connectivity index (χ3v) is 6.14. The van der Waals surface area contributed by atoms with Crippen molar-refractivity contribution in [2.75, 3.05) is 48.5 Å². The molecule has 2 aliphatic heterocycles. The van der Waals surface area contributed by atoms with Crippen LogP contribution in [0.15, 0.2) is 54.7 Å². The van der Waals surface area contributed by atoms with Crippen molar-refractivity contribution in [1.82, 2.24) is 15.3 Å². The quantitative estimate of drug-likeness (QED) is 0.642. The average Bonchev–Trinajstić information content (AvgIpc) is 2.85. The normalized spacial score (nSPS) is 17.2. The first kappa shape index (κ1) is 21.2. The number of urea groups is 1. The molecule has 0 bridgehead atoms. The Morgan fingerprint density at radius 1 is 1.15 bits per heavy atom. The van der Waals surface area contributed by atoms with Gasteiger partial charge in [0.15, 0.2) is 11.6 Å². The molecule has 5 rings (SSSR count). The van der Waals surface area contributed by atoms with Gasteiger partial charge in [-0.05, 0) is 36.8 Å². The fourth-order valence-electron chi connectivity index (χ4n) is 4.34. The van der Waals surface area contributed by atoms with E-state index >= 15 is 0 Å². The standard InChI is InChI=1S/C25H28N6O2/c1-17-3-5-18(6-4-17)14-30-15-21-16-33-12-11-31(21)24-22(30)13-27-23(29-24)19-7-9-20(10-8-19)28-25(32)26-2/h3-10,13,21H,11-12,14-16H2,1-2H3,(H2,26,28,32). The average molecular weight is 445 g/mol. The van der Waals surface area contributed by atoms with Gasteiger partial charge in [0.1, 0.15) is 0 Å². The minimum absolute atomic E-state index is 0.250. The molecule has 0 saturated carbocycles. The van der Waals surface area contributed by atoms with Crippen LogP contribution in [0.2, 0.25) is 0 Å². The third kappa shape index (κ3) is 4.47. The summed E-state index contributed by atoms with van der Waals surface area (Å²) in [5.74, 6) is 1.63. The lowest BCUT2D eigenvalue weighted by molar-refractivity contribution is 0.0936. The van der Waals surface area contributed by atoms with E-state index in [2.05, 4.69) is 51.6 Å². The molecular formula is C25H28N6O2. The smallest absolute Gasteiger partial charge is 0.318 e. The first-order valence-electron chi connectivity index (χ1n) is 11.2. The van der Waals surface area contributed by atoms with Crippen molar-refractivity contribution >= 4 is 23.2 Å². The van der Waals surface area contributed by atoms with E-state index in [0.29, 0.717) is 24.7 Å². The number of ether oxygens (including phenoxy) is 1. The largest absolute Gasteiger partial charge is 0.377 e. The summed E-state index contributed by atoms with van der Waals surface area (Å²) in [6, 6.07) is 16.2. The molecule has 0 aliphatic carbocycles. The molecule has 2 N–H and O–H groups in total. The van der Waals surface area contributed by atoms with Gasteiger partial charge in [-0.15, -0.1) is 0 Å². The summed E-state index contributed by atoms with van der Waals surface area (Å²) in [6.07, 6.45) is 1.94. The van der Waals surface area contributed by atoms with Crippen molar-refractivity contribution in [3.05, 3.63) is 65.9 Å². The molecule has 1 fully saturated rings. The molecule has 33 heavy (non-hydrogen) atoms. The Morgan fingerprint density at radius 2 is 1.94 bits per heavy atom. The van der Waals surface area contributed by atoms with Crippen molar-refractivity contribution in [2.45, 2.75) is 19.5 Å². The number of fused-ring (bicyclic) bond motifs is 3. The van der Waals surface area contributed by atoms with Gasteiger partial charge < -0.3 is 25.2 Å². The Bertz CT molecular complexity index is 1130. The molecule has 2 amide bonds. The van der Waals surface area contributed by atoms with Gasteiger partial charge >= 0.3 is 6.03 Å². The number of aryl methyl sites for hydroxylation is 1. The van der Waals surface area contributed by atoms with E-state index in [-0.39, 0.29) is 12.1 Å². The van der Waals surface area contributed by atoms with Crippen LogP contribution in [0, 0.1) is 6.92 Å². The zero-order valence-corrected chi connectivity index (χ0v) is 18.9. The number of amides is 2. The van der Waals surface area contributed by atoms with Crippen LogP contribution in [0.5, 0.6) is 0 Å². The summed E-state index contributed by atoms with van der Waals surface area (Å²) in [5, 5.41) is 5.32. The van der Waals surface area contributed by atoms with Crippen molar-refractivity contribution in [3.63, 3.8) is 0 Å². The van der Waals surface area contributed by atoms with Crippen molar-refractivity contribution in [3.8, 4) is 11.4 Å². The summed E-state index contributed by atoms with van der Waals surface area (Å²) >= 11 is 0. The summed E-state index contributed by atoms with van der Waals surface area (Å²) in [6.45, 7) is 6.01. The minimum atomic E-state index is -0.250. The monoisotopic (exact) mass is 444 g/mol. The number of hydrogen-bond acceptors (Lipinski definition) is 6. The minimum Gasteiger partial charge on any atom is -0.377 e. The van der Waals surface area contributed by atoms with Gasteiger partial charge in [-0.2, -0.15) is 0 Å². The second-order valence-electron chi connectivity index (χ2n) is 8.47. The number of nitrogens with zero attached hydrogens (tertiary/aromatic N) is 4. The predicted octanol–water partition coefficient (Wildman–Crippen LogP) is 3.43. The lowest BCUT2D eigenvalue weighted by Gasteiger charge is -2.45. The Balaban J connectivity index is 1.45. The van der Waals surface area contributed by atoms with Gasteiger partial charge in [-0.1, -0.05) is 29.8 Å². The fourth-order valence-corrected chi connectivity index (χ4v) is 4.34. The maximum absolute atomic E-state index is 11.5. The van der Waals surface area contributed by atoms with Gasteiger partial charge in [-0.25, -0.2) is 14.8 Å². The fraction of sp³-hybridized carbons (Fsp3) is 0.320. The highest BCUT2D eigenvalue weighted by atomic mass is 16.5. The summed E-state index contributed by atoms with van der Waals surface area (Å²) < 4.78 is 5.79. The molecule has 0 spiro atoms. The number of morpholine rings is 1. The number of carbonyl (C=O) groups is 1. The van der Waals surface area contributed by atoms with Gasteiger partial charge in [0.05, 0.1) is 31.1 Å². The highest BCUT2D eigenvalue weighted by Gasteiger charge is 2.34. The second-order valence-corrected chi connectivity index (χ2v) is 8.47. The number of benzene rings is 2. The summed E-state index contributed by atoms with van der Waals surface area (Å²) in [5.41, 5.74) is 5.19. The predicted molar refractivity (Wildman–Crippen MR) is 130 cm³/mol. The first-order valence-corrected chi connectivity index (χ1v) is 11.2. The number of carbonyl (C=O) groups excluding carboxylic acids is 1. The molecule has 1 unspecified atom stereocenters. The molecule has 3 aromatic rings. The van der Waals surface area contributed by atoms with Crippen molar-refractivity contribution in [1.29, 1.82) is 0 Å². The lowest BCUT2D eigenvalue weighted by atomic mass is 10.1. The zero-order chi connectivity index (χ0) is 22.8. The molecule has 2 aliphatic rings. The van der Waals surface area contributed by atoms with Crippen LogP contribution in [0.3, 0.4) is 0 Å². The van der Waals surface area contributed by atoms with Crippen molar-refractivity contribution in [2.24, 2.45) is 0 Å². The summed E-state index contributed by atoms with van der Waals surface area (Å²) in [4.78, 5) is 26.0. The molecule has 1 aromatic heterocycles. The van der Waals surface area contributed by atoms with Gasteiger partial charge in [-0.3, -0.25) is 0 Å². The van der Waals surface area contributed by atoms with Crippen molar-refractivity contribution < 1.29 is 9.53 Å². The van der Waals surface area contributed by atoms with Gasteiger partial charge in [0.25, 0.3) is 0 Å². The molecule has 1 atom stereocenters. The molecule has 170 valence electrons. The Kier molecular flexibility index (Phi) is 5.83. The molecule has 0 radical (unpaired) electrons. The molecule has 3 heterocycles. The third-order valence-electron chi connectivity index (χ3n) is 6.14. The maximum Gasteiger partial charge on any atom is 0.318 e. The molecule has 1 saturated heterocycles. The van der Waals surface area contributed by atoms with Crippen LogP contribution in [-0.4, -0.2) is 55.4 Å². The van der Waals surface area contributed by atoms with Gasteiger partial charge in [0, 0.05) is 37.9 Å². The topological polar surface area (TPSA) is 82.6 Å². The van der Waals surface area contributed by atoms with Crippen LogP contribution in [0.25, 0.3) is 11.4 Å². The van der Waals surface area contributed by atoms with E-state index in [0.717, 1.165) is 36.7 Å². The van der Waals surface area contributed by atoms with Crippen LogP contribution in [0.1, 0.15) is 11.1 Å². The Morgan fingerprint density at radius 3 is 2.70 bits per heavy atom. The van der Waals surface area contributed by atoms with Gasteiger partial charge in [0.2, 0.25) is 0 Å². The molecular weight excluding hydrogens is 416 g/mol. The van der Waals surface area contributed by atoms with Crippen LogP contribution in [0.4, 0.5) is 22.0 Å². The lowest BCUT2D eigenvalue weighted by Crippen LogP contribution is -2.55. The number of nitrogens with one attached hydrogen (secondary N) is 2. The van der Waals surface area contributed by atoms with E-state index in [1.54, 1.807) is 7.05 Å². The molecule has 8 heteroatoms. The molecule has 8 nitrogen and oxygen atoms in total. The highest BCUT2D eigenvalue weighted by Crippen LogP contribution is 2.36. The number of rotatable bonds is 4. The SMILES string of the molecule is CNC(=O)Nc1ccc(-c2ncc3c(n2)N2CCOCC2CN3Cc2ccc(C)cc2)cc1. The second kappa shape index (κ2) is 9.07. The number of anilines is 3. The Hall–Kier alpha value is -3.65. The number of hydrogen-bond donors (Lipinski definition) is 2. The van der Waals surface area contributed by atoms with E-state index in [1.807, 2.05) is 30.5 Å².